The van der Waals surface area contributed by atoms with Gasteiger partial charge in [0.05, 0.1) is 0 Å². The largest absolute Gasteiger partial charge is 0.478 e. The molecule has 2 nitrogen and oxygen atoms in total. The van der Waals surface area contributed by atoms with E-state index in [9.17, 15) is 4.79 Å². The van der Waals surface area contributed by atoms with Crippen LogP contribution in [0, 0.1) is 0 Å². The predicted octanol–water partition coefficient (Wildman–Crippen LogP) is 3.14. The number of carboxylic acid groups (broad SMARTS) is 1. The SMILES string of the molecule is C=CC(=O)O.C=CC=Cc1ccccc1. The van der Waals surface area contributed by atoms with Gasteiger partial charge in [0.1, 0.15) is 0 Å². The molecule has 0 spiro atoms. The van der Waals surface area contributed by atoms with Gasteiger partial charge >= 0.3 is 5.97 Å². The molecule has 15 heavy (non-hydrogen) atoms. The first-order valence-electron chi connectivity index (χ1n) is 4.40. The van der Waals surface area contributed by atoms with Crippen molar-refractivity contribution in [3.63, 3.8) is 0 Å². The molecule has 0 aromatic heterocycles. The molecule has 1 aromatic rings. The standard InChI is InChI=1S/C10H10.C3H4O2/c1-2-3-7-10-8-5-4-6-9-10;1-2-3(4)5/h2-9H,1H2;2H,1H2,(H,4,5). The summed E-state index contributed by atoms with van der Waals surface area (Å²) < 4.78 is 0. The maximum Gasteiger partial charge on any atom is 0.327 e. The van der Waals surface area contributed by atoms with Gasteiger partial charge in [-0.3, -0.25) is 0 Å². The lowest BCUT2D eigenvalue weighted by Gasteiger charge is -1.87. The Bertz CT molecular complexity index is 337. The number of rotatable bonds is 3. The van der Waals surface area contributed by atoms with E-state index in [1.54, 1.807) is 6.08 Å². The Morgan fingerprint density at radius 3 is 2.13 bits per heavy atom. The lowest BCUT2D eigenvalue weighted by molar-refractivity contribution is -0.131. The lowest BCUT2D eigenvalue weighted by atomic mass is 10.2. The normalized spacial score (nSPS) is 8.80. The predicted molar refractivity (Wildman–Crippen MR) is 63.5 cm³/mol. The Hall–Kier alpha value is -2.09. The smallest absolute Gasteiger partial charge is 0.327 e. The topological polar surface area (TPSA) is 37.3 Å². The number of allylic oxidation sites excluding steroid dienone is 2. The molecule has 2 heteroatoms. The van der Waals surface area contributed by atoms with E-state index in [0.29, 0.717) is 0 Å². The van der Waals surface area contributed by atoms with Crippen molar-refractivity contribution < 1.29 is 9.90 Å². The summed E-state index contributed by atoms with van der Waals surface area (Å²) in [6, 6.07) is 10.1. The third-order valence-corrected chi connectivity index (χ3v) is 1.40. The van der Waals surface area contributed by atoms with Crippen LogP contribution in [0.4, 0.5) is 0 Å². The molecule has 0 saturated carbocycles. The van der Waals surface area contributed by atoms with Gasteiger partial charge in [-0.25, -0.2) is 4.79 Å². The molecule has 0 bridgehead atoms. The number of benzene rings is 1. The number of hydrogen-bond donors (Lipinski definition) is 1. The van der Waals surface area contributed by atoms with E-state index in [4.69, 9.17) is 5.11 Å². The van der Waals surface area contributed by atoms with Gasteiger partial charge in [-0.05, 0) is 5.56 Å². The molecule has 0 fully saturated rings. The fourth-order valence-electron chi connectivity index (χ4n) is 0.743. The molecule has 0 heterocycles. The summed E-state index contributed by atoms with van der Waals surface area (Å²) in [5.74, 6) is -0.981. The Kier molecular flexibility index (Phi) is 7.32. The summed E-state index contributed by atoms with van der Waals surface area (Å²) in [5.41, 5.74) is 1.21. The van der Waals surface area contributed by atoms with Crippen LogP contribution < -0.4 is 0 Å². The van der Waals surface area contributed by atoms with E-state index in [-0.39, 0.29) is 0 Å². The minimum atomic E-state index is -0.981. The monoisotopic (exact) mass is 202 g/mol. The van der Waals surface area contributed by atoms with E-state index in [1.165, 1.54) is 5.56 Å². The van der Waals surface area contributed by atoms with Crippen LogP contribution in [-0.2, 0) is 4.79 Å². The van der Waals surface area contributed by atoms with Crippen LogP contribution in [0.15, 0.2) is 61.7 Å². The van der Waals surface area contributed by atoms with Crippen molar-refractivity contribution in [2.75, 3.05) is 0 Å². The summed E-state index contributed by atoms with van der Waals surface area (Å²) in [7, 11) is 0. The first kappa shape index (κ1) is 12.9. The van der Waals surface area contributed by atoms with Crippen molar-refractivity contribution in [3.05, 3.63) is 67.3 Å². The van der Waals surface area contributed by atoms with Gasteiger partial charge in [-0.1, -0.05) is 61.7 Å². The molecule has 0 amide bonds. The molecule has 0 unspecified atom stereocenters. The van der Waals surface area contributed by atoms with Crippen molar-refractivity contribution in [2.24, 2.45) is 0 Å². The minimum Gasteiger partial charge on any atom is -0.478 e. The minimum absolute atomic E-state index is 0.833. The molecule has 1 rings (SSSR count). The van der Waals surface area contributed by atoms with Gasteiger partial charge in [-0.15, -0.1) is 0 Å². The number of carbonyl (C=O) groups is 1. The molecule has 0 aliphatic rings. The Morgan fingerprint density at radius 2 is 1.73 bits per heavy atom. The second-order valence-electron chi connectivity index (χ2n) is 2.55. The second kappa shape index (κ2) is 8.51. The van der Waals surface area contributed by atoms with Gasteiger partial charge in [0, 0.05) is 6.08 Å². The highest BCUT2D eigenvalue weighted by Gasteiger charge is 1.78. The van der Waals surface area contributed by atoms with Crippen LogP contribution in [-0.4, -0.2) is 11.1 Å². The molecule has 0 saturated heterocycles. The molecule has 0 aliphatic carbocycles. The van der Waals surface area contributed by atoms with E-state index in [0.717, 1.165) is 6.08 Å². The van der Waals surface area contributed by atoms with Gasteiger partial charge in [-0.2, -0.15) is 0 Å². The quantitative estimate of drug-likeness (QED) is 0.604. The molecule has 1 aromatic carbocycles. The molecule has 0 radical (unpaired) electrons. The van der Waals surface area contributed by atoms with Crippen molar-refractivity contribution >= 4 is 12.0 Å². The zero-order valence-electron chi connectivity index (χ0n) is 8.47. The summed E-state index contributed by atoms with van der Waals surface area (Å²) in [6.45, 7) is 6.55. The zero-order chi connectivity index (χ0) is 11.5. The summed E-state index contributed by atoms with van der Waals surface area (Å²) in [4.78, 5) is 9.25. The van der Waals surface area contributed by atoms with Crippen LogP contribution >= 0.6 is 0 Å². The van der Waals surface area contributed by atoms with Crippen LogP contribution in [0.2, 0.25) is 0 Å². The number of carboxylic acids is 1. The van der Waals surface area contributed by atoms with Crippen molar-refractivity contribution in [1.82, 2.24) is 0 Å². The van der Waals surface area contributed by atoms with Crippen molar-refractivity contribution in [2.45, 2.75) is 0 Å². The molecule has 78 valence electrons. The first-order valence-corrected chi connectivity index (χ1v) is 4.40. The third kappa shape index (κ3) is 8.25. The van der Waals surface area contributed by atoms with E-state index in [1.807, 2.05) is 30.4 Å². The highest BCUT2D eigenvalue weighted by molar-refractivity contribution is 5.78. The highest BCUT2D eigenvalue weighted by Crippen LogP contribution is 1.99. The van der Waals surface area contributed by atoms with Crippen LogP contribution in [0.5, 0.6) is 0 Å². The highest BCUT2D eigenvalue weighted by atomic mass is 16.4. The Morgan fingerprint density at radius 1 is 1.20 bits per heavy atom. The summed E-state index contributed by atoms with van der Waals surface area (Å²) in [6.07, 6.45) is 6.55. The lowest BCUT2D eigenvalue weighted by Crippen LogP contribution is -1.82. The van der Waals surface area contributed by atoms with Crippen LogP contribution in [0.1, 0.15) is 5.56 Å². The van der Waals surface area contributed by atoms with E-state index in [2.05, 4.69) is 25.3 Å². The second-order valence-corrected chi connectivity index (χ2v) is 2.55. The third-order valence-electron chi connectivity index (χ3n) is 1.40. The average molecular weight is 202 g/mol. The van der Waals surface area contributed by atoms with Gasteiger partial charge < -0.3 is 5.11 Å². The molecular formula is C13H14O2. The molecular weight excluding hydrogens is 188 g/mol. The van der Waals surface area contributed by atoms with Gasteiger partial charge in [0.15, 0.2) is 0 Å². The van der Waals surface area contributed by atoms with Crippen LogP contribution in [0.3, 0.4) is 0 Å². The Labute approximate surface area is 89.9 Å². The average Bonchev–Trinajstić information content (AvgIpc) is 2.28. The van der Waals surface area contributed by atoms with Crippen LogP contribution in [0.25, 0.3) is 6.08 Å². The maximum atomic E-state index is 9.25. The van der Waals surface area contributed by atoms with Crippen molar-refractivity contribution in [1.29, 1.82) is 0 Å². The van der Waals surface area contributed by atoms with Gasteiger partial charge in [0.2, 0.25) is 0 Å². The van der Waals surface area contributed by atoms with E-state index >= 15 is 0 Å². The number of hydrogen-bond acceptors (Lipinski definition) is 1. The molecule has 1 N–H and O–H groups in total. The van der Waals surface area contributed by atoms with Crippen molar-refractivity contribution in [3.8, 4) is 0 Å². The fourth-order valence-corrected chi connectivity index (χ4v) is 0.743. The molecule has 0 atom stereocenters. The Balaban J connectivity index is 0.000000336. The van der Waals surface area contributed by atoms with E-state index < -0.39 is 5.97 Å². The summed E-state index contributed by atoms with van der Waals surface area (Å²) in [5, 5.41) is 7.60. The van der Waals surface area contributed by atoms with Gasteiger partial charge in [0.25, 0.3) is 0 Å². The first-order chi connectivity index (χ1) is 7.20. The molecule has 0 aliphatic heterocycles. The number of aliphatic carboxylic acids is 1. The fraction of sp³-hybridized carbons (Fsp3) is 0. The zero-order valence-corrected chi connectivity index (χ0v) is 8.47. The maximum absolute atomic E-state index is 9.25. The summed E-state index contributed by atoms with van der Waals surface area (Å²) >= 11 is 0.